The first-order valence-corrected chi connectivity index (χ1v) is 10.9. The van der Waals surface area contributed by atoms with Crippen molar-refractivity contribution in [1.82, 2.24) is 19.7 Å². The first kappa shape index (κ1) is 20.4. The molecule has 2 aromatic carbocycles. The maximum atomic E-state index is 12.9. The van der Waals surface area contributed by atoms with Gasteiger partial charge in [-0.1, -0.05) is 71.9 Å². The highest BCUT2D eigenvalue weighted by Gasteiger charge is 2.17. The third kappa shape index (κ3) is 4.35. The van der Waals surface area contributed by atoms with Gasteiger partial charge in [-0.05, 0) is 31.5 Å². The van der Waals surface area contributed by atoms with Crippen molar-refractivity contribution >= 4 is 29.1 Å². The first-order chi connectivity index (χ1) is 14.5. The molecular weight excluding hydrogens is 416 g/mol. The number of benzene rings is 2. The van der Waals surface area contributed by atoms with E-state index in [1.807, 2.05) is 74.5 Å². The Kier molecular flexibility index (Phi) is 6.06. The van der Waals surface area contributed by atoms with E-state index in [0.717, 1.165) is 33.1 Å². The third-order valence-corrected chi connectivity index (χ3v) is 6.22. The number of aromatic amines is 1. The fourth-order valence-electron chi connectivity index (χ4n) is 3.37. The fraction of sp³-hybridized carbons (Fsp3) is 0.174. The minimum atomic E-state index is 0.0598. The van der Waals surface area contributed by atoms with Gasteiger partial charge in [0, 0.05) is 34.1 Å². The molecule has 1 N–H and O–H groups in total. The van der Waals surface area contributed by atoms with E-state index in [9.17, 15) is 4.79 Å². The van der Waals surface area contributed by atoms with Gasteiger partial charge in [0.15, 0.2) is 11.6 Å². The average Bonchev–Trinajstić information content (AvgIpc) is 3.34. The summed E-state index contributed by atoms with van der Waals surface area (Å²) in [4.78, 5) is 17.4. The Bertz CT molecular complexity index is 1180. The van der Waals surface area contributed by atoms with E-state index >= 15 is 0 Å². The van der Waals surface area contributed by atoms with Crippen LogP contribution in [0.2, 0.25) is 5.02 Å². The summed E-state index contributed by atoms with van der Waals surface area (Å²) in [5.74, 6) is 1.04. The topological polar surface area (TPSA) is 63.6 Å². The zero-order valence-electron chi connectivity index (χ0n) is 16.7. The molecule has 2 heterocycles. The van der Waals surface area contributed by atoms with Crippen LogP contribution in [-0.2, 0) is 6.54 Å². The highest BCUT2D eigenvalue weighted by atomic mass is 35.5. The summed E-state index contributed by atoms with van der Waals surface area (Å²) in [6, 6.07) is 19.5. The second kappa shape index (κ2) is 8.90. The molecule has 0 fully saturated rings. The zero-order valence-corrected chi connectivity index (χ0v) is 18.3. The lowest BCUT2D eigenvalue weighted by molar-refractivity contribution is 0.102. The summed E-state index contributed by atoms with van der Waals surface area (Å²) in [7, 11) is 0. The van der Waals surface area contributed by atoms with Crippen molar-refractivity contribution in [3.8, 4) is 11.4 Å². The summed E-state index contributed by atoms with van der Waals surface area (Å²) >= 11 is 7.65. The van der Waals surface area contributed by atoms with Gasteiger partial charge in [0.1, 0.15) is 0 Å². The molecule has 0 saturated carbocycles. The highest BCUT2D eigenvalue weighted by molar-refractivity contribution is 7.99. The normalized spacial score (nSPS) is 11.0. The van der Waals surface area contributed by atoms with E-state index in [-0.39, 0.29) is 11.5 Å². The molecule has 2 aromatic heterocycles. The number of Topliss-reactive ketones (excluding diaryl/α,β-unsaturated/α-hetero) is 1. The lowest BCUT2D eigenvalue weighted by atomic mass is 10.2. The van der Waals surface area contributed by atoms with Crippen molar-refractivity contribution in [3.63, 3.8) is 0 Å². The van der Waals surface area contributed by atoms with Gasteiger partial charge in [-0.25, -0.2) is 4.98 Å². The first-order valence-electron chi connectivity index (χ1n) is 9.57. The molecule has 0 atom stereocenters. The van der Waals surface area contributed by atoms with Crippen molar-refractivity contribution in [2.75, 3.05) is 5.75 Å². The molecule has 0 bridgehead atoms. The van der Waals surface area contributed by atoms with Crippen LogP contribution in [0.1, 0.15) is 27.3 Å². The number of nitrogens with zero attached hydrogens (tertiary/aromatic N) is 3. The number of rotatable bonds is 7. The number of thioether (sulfide) groups is 1. The molecule has 4 rings (SSSR count). The average molecular weight is 437 g/mol. The third-order valence-electron chi connectivity index (χ3n) is 5.00. The number of hydrogen-bond donors (Lipinski definition) is 1. The summed E-state index contributed by atoms with van der Waals surface area (Å²) in [6.45, 7) is 4.62. The predicted molar refractivity (Wildman–Crippen MR) is 121 cm³/mol. The van der Waals surface area contributed by atoms with Crippen LogP contribution in [-0.4, -0.2) is 31.3 Å². The standard InChI is InChI=1S/C23H21ClN4OS/c1-15-12-19(16(2)28(15)13-18-10-6-7-11-20(18)24)21(29)14-30-23-25-22(26-27-23)17-8-4-3-5-9-17/h3-12H,13-14H2,1-2H3,(H,25,26,27). The molecule has 0 unspecified atom stereocenters. The molecule has 7 heteroatoms. The lowest BCUT2D eigenvalue weighted by Gasteiger charge is -2.11. The Morgan fingerprint density at radius 3 is 2.60 bits per heavy atom. The van der Waals surface area contributed by atoms with Crippen molar-refractivity contribution in [2.24, 2.45) is 0 Å². The van der Waals surface area contributed by atoms with E-state index in [4.69, 9.17) is 11.6 Å². The predicted octanol–water partition coefficient (Wildman–Crippen LogP) is 5.57. The molecule has 0 amide bonds. The number of H-pyrrole nitrogens is 1. The van der Waals surface area contributed by atoms with Gasteiger partial charge in [-0.2, -0.15) is 0 Å². The summed E-state index contributed by atoms with van der Waals surface area (Å²) in [6.07, 6.45) is 0. The van der Waals surface area contributed by atoms with Crippen LogP contribution >= 0.6 is 23.4 Å². The molecule has 4 aromatic rings. The fourth-order valence-corrected chi connectivity index (χ4v) is 4.24. The summed E-state index contributed by atoms with van der Waals surface area (Å²) in [5.41, 5.74) is 4.70. The van der Waals surface area contributed by atoms with Gasteiger partial charge >= 0.3 is 0 Å². The number of ketones is 1. The number of carbonyl (C=O) groups is 1. The quantitative estimate of drug-likeness (QED) is 0.304. The summed E-state index contributed by atoms with van der Waals surface area (Å²) in [5, 5.41) is 8.45. The van der Waals surface area contributed by atoms with Crippen LogP contribution in [0.4, 0.5) is 0 Å². The molecule has 152 valence electrons. The molecule has 5 nitrogen and oxygen atoms in total. The molecular formula is C23H21ClN4OS. The Morgan fingerprint density at radius 2 is 1.83 bits per heavy atom. The number of aryl methyl sites for hydroxylation is 1. The van der Waals surface area contributed by atoms with Crippen LogP contribution in [0.3, 0.4) is 0 Å². The second-order valence-corrected chi connectivity index (χ2v) is 8.36. The van der Waals surface area contributed by atoms with Crippen molar-refractivity contribution in [3.05, 3.63) is 88.2 Å². The monoisotopic (exact) mass is 436 g/mol. The minimum Gasteiger partial charge on any atom is -0.344 e. The second-order valence-electron chi connectivity index (χ2n) is 7.01. The Hall–Kier alpha value is -2.83. The van der Waals surface area contributed by atoms with E-state index in [0.29, 0.717) is 17.5 Å². The van der Waals surface area contributed by atoms with Crippen LogP contribution < -0.4 is 0 Å². The summed E-state index contributed by atoms with van der Waals surface area (Å²) < 4.78 is 2.12. The van der Waals surface area contributed by atoms with Gasteiger partial charge in [-0.15, -0.1) is 5.10 Å². The zero-order chi connectivity index (χ0) is 21.1. The van der Waals surface area contributed by atoms with Crippen molar-refractivity contribution in [2.45, 2.75) is 25.5 Å². The molecule has 30 heavy (non-hydrogen) atoms. The van der Waals surface area contributed by atoms with Crippen LogP contribution in [0, 0.1) is 13.8 Å². The Balaban J connectivity index is 1.46. The van der Waals surface area contributed by atoms with Crippen LogP contribution in [0.25, 0.3) is 11.4 Å². The van der Waals surface area contributed by atoms with Crippen LogP contribution in [0.15, 0.2) is 65.8 Å². The van der Waals surface area contributed by atoms with E-state index in [2.05, 4.69) is 19.7 Å². The van der Waals surface area contributed by atoms with E-state index < -0.39 is 0 Å². The van der Waals surface area contributed by atoms with Gasteiger partial charge in [0.2, 0.25) is 5.16 Å². The molecule has 0 aliphatic rings. The number of aromatic nitrogens is 4. The van der Waals surface area contributed by atoms with Crippen LogP contribution in [0.5, 0.6) is 0 Å². The largest absolute Gasteiger partial charge is 0.344 e. The van der Waals surface area contributed by atoms with Crippen molar-refractivity contribution < 1.29 is 4.79 Å². The number of nitrogens with one attached hydrogen (secondary N) is 1. The van der Waals surface area contributed by atoms with Gasteiger partial charge in [0.05, 0.1) is 5.75 Å². The highest BCUT2D eigenvalue weighted by Crippen LogP contribution is 2.24. The van der Waals surface area contributed by atoms with Gasteiger partial charge in [-0.3, -0.25) is 9.89 Å². The van der Waals surface area contributed by atoms with Crippen molar-refractivity contribution in [1.29, 1.82) is 0 Å². The minimum absolute atomic E-state index is 0.0598. The Morgan fingerprint density at radius 1 is 1.10 bits per heavy atom. The maximum absolute atomic E-state index is 12.9. The van der Waals surface area contributed by atoms with Gasteiger partial charge < -0.3 is 4.57 Å². The van der Waals surface area contributed by atoms with E-state index in [1.54, 1.807) is 0 Å². The molecule has 0 radical (unpaired) electrons. The van der Waals surface area contributed by atoms with Gasteiger partial charge in [0.25, 0.3) is 0 Å². The Labute approximate surface area is 184 Å². The lowest BCUT2D eigenvalue weighted by Crippen LogP contribution is -2.08. The van der Waals surface area contributed by atoms with E-state index in [1.165, 1.54) is 11.8 Å². The SMILES string of the molecule is Cc1cc(C(=O)CSc2n[nH]c(-c3ccccc3)n2)c(C)n1Cc1ccccc1Cl. The smallest absolute Gasteiger partial charge is 0.209 e. The maximum Gasteiger partial charge on any atom is 0.209 e. The molecule has 0 aliphatic carbocycles. The molecule has 0 saturated heterocycles. The number of hydrogen-bond acceptors (Lipinski definition) is 4. The number of halogens is 1. The molecule has 0 spiro atoms. The number of carbonyl (C=O) groups excluding carboxylic acids is 1. The molecule has 0 aliphatic heterocycles.